The standard InChI is InChI=1S/C17H20FNO3S2/c18-14-3-5-17(6-4-14)24(20,21)19(15-8-11-22-12-9-15)10-7-16-2-1-13-23-16/h1-6,13,15H,7-12H2. The molecule has 7 heteroatoms. The van der Waals surface area contributed by atoms with Crippen molar-refractivity contribution < 1.29 is 17.5 Å². The molecule has 24 heavy (non-hydrogen) atoms. The van der Waals surface area contributed by atoms with Crippen molar-refractivity contribution in [1.29, 1.82) is 0 Å². The fourth-order valence-corrected chi connectivity index (χ4v) is 5.27. The Morgan fingerprint density at radius 1 is 1.17 bits per heavy atom. The molecule has 2 aromatic rings. The summed E-state index contributed by atoms with van der Waals surface area (Å²) >= 11 is 1.62. The molecule has 1 aromatic heterocycles. The lowest BCUT2D eigenvalue weighted by Gasteiger charge is -2.33. The molecule has 1 aliphatic heterocycles. The van der Waals surface area contributed by atoms with Crippen LogP contribution in [-0.2, 0) is 21.2 Å². The van der Waals surface area contributed by atoms with Crippen molar-refractivity contribution in [2.45, 2.75) is 30.2 Å². The van der Waals surface area contributed by atoms with E-state index in [4.69, 9.17) is 4.74 Å². The maximum absolute atomic E-state index is 13.1. The van der Waals surface area contributed by atoms with Gasteiger partial charge in [0.2, 0.25) is 10.0 Å². The van der Waals surface area contributed by atoms with Crippen molar-refractivity contribution in [3.63, 3.8) is 0 Å². The first-order valence-electron chi connectivity index (χ1n) is 7.95. The number of halogens is 1. The molecular weight excluding hydrogens is 349 g/mol. The Morgan fingerprint density at radius 3 is 2.50 bits per heavy atom. The van der Waals surface area contributed by atoms with Crippen LogP contribution in [-0.4, -0.2) is 38.5 Å². The van der Waals surface area contributed by atoms with Crippen molar-refractivity contribution >= 4 is 21.4 Å². The lowest BCUT2D eigenvalue weighted by atomic mass is 10.1. The zero-order valence-electron chi connectivity index (χ0n) is 13.2. The maximum Gasteiger partial charge on any atom is 0.243 e. The molecule has 1 saturated heterocycles. The topological polar surface area (TPSA) is 46.6 Å². The van der Waals surface area contributed by atoms with Gasteiger partial charge in [-0.25, -0.2) is 12.8 Å². The van der Waals surface area contributed by atoms with E-state index in [0.29, 0.717) is 39.0 Å². The lowest BCUT2D eigenvalue weighted by molar-refractivity contribution is 0.0587. The number of thiophene rings is 1. The summed E-state index contributed by atoms with van der Waals surface area (Å²) in [5, 5.41) is 1.99. The van der Waals surface area contributed by atoms with Crippen LogP contribution in [0.1, 0.15) is 17.7 Å². The van der Waals surface area contributed by atoms with Crippen LogP contribution >= 0.6 is 11.3 Å². The summed E-state index contributed by atoms with van der Waals surface area (Å²) in [6, 6.07) is 8.95. The molecule has 0 saturated carbocycles. The molecule has 0 unspecified atom stereocenters. The van der Waals surface area contributed by atoms with Gasteiger partial charge < -0.3 is 4.74 Å². The van der Waals surface area contributed by atoms with Gasteiger partial charge in [-0.1, -0.05) is 6.07 Å². The predicted molar refractivity (Wildman–Crippen MR) is 92.2 cm³/mol. The van der Waals surface area contributed by atoms with E-state index in [9.17, 15) is 12.8 Å². The van der Waals surface area contributed by atoms with Gasteiger partial charge in [-0.3, -0.25) is 0 Å². The van der Waals surface area contributed by atoms with Crippen LogP contribution in [0.4, 0.5) is 4.39 Å². The van der Waals surface area contributed by atoms with E-state index in [0.717, 1.165) is 4.88 Å². The summed E-state index contributed by atoms with van der Waals surface area (Å²) in [5.41, 5.74) is 0. The Morgan fingerprint density at radius 2 is 1.88 bits per heavy atom. The summed E-state index contributed by atoms with van der Waals surface area (Å²) in [7, 11) is -3.65. The quantitative estimate of drug-likeness (QED) is 0.785. The number of rotatable bonds is 6. The lowest BCUT2D eigenvalue weighted by Crippen LogP contribution is -2.44. The fraction of sp³-hybridized carbons (Fsp3) is 0.412. The number of sulfonamides is 1. The SMILES string of the molecule is O=S(=O)(c1ccc(F)cc1)N(CCc1cccs1)C1CCOCC1. The molecule has 130 valence electrons. The largest absolute Gasteiger partial charge is 0.381 e. The van der Waals surface area contributed by atoms with Gasteiger partial charge in [0, 0.05) is 30.7 Å². The van der Waals surface area contributed by atoms with Gasteiger partial charge in [0.05, 0.1) is 4.90 Å². The molecule has 1 aliphatic rings. The third-order valence-corrected chi connectivity index (χ3v) is 7.08. The second-order valence-corrected chi connectivity index (χ2v) is 8.67. The molecule has 0 aliphatic carbocycles. The Bertz CT molecular complexity index is 739. The van der Waals surface area contributed by atoms with E-state index in [1.165, 1.54) is 24.3 Å². The van der Waals surface area contributed by atoms with Gasteiger partial charge in [0.15, 0.2) is 0 Å². The van der Waals surface area contributed by atoms with Crippen LogP contribution in [0.5, 0.6) is 0 Å². The Labute approximate surface area is 145 Å². The van der Waals surface area contributed by atoms with E-state index in [2.05, 4.69) is 0 Å². The molecular formula is C17H20FNO3S2. The first-order chi connectivity index (χ1) is 11.6. The Kier molecular flexibility index (Phi) is 5.65. The number of ether oxygens (including phenoxy) is 1. The molecule has 1 fully saturated rings. The average molecular weight is 369 g/mol. The summed E-state index contributed by atoms with van der Waals surface area (Å²) in [5.74, 6) is -0.440. The molecule has 0 atom stereocenters. The highest BCUT2D eigenvalue weighted by atomic mass is 32.2. The third kappa shape index (κ3) is 4.03. The van der Waals surface area contributed by atoms with E-state index in [-0.39, 0.29) is 10.9 Å². The molecule has 1 aromatic carbocycles. The van der Waals surface area contributed by atoms with E-state index < -0.39 is 15.8 Å². The first-order valence-corrected chi connectivity index (χ1v) is 10.3. The van der Waals surface area contributed by atoms with Crippen molar-refractivity contribution in [3.8, 4) is 0 Å². The van der Waals surface area contributed by atoms with Crippen LogP contribution in [0.3, 0.4) is 0 Å². The molecule has 0 bridgehead atoms. The minimum absolute atomic E-state index is 0.0752. The van der Waals surface area contributed by atoms with Crippen molar-refractivity contribution in [3.05, 3.63) is 52.5 Å². The highest BCUT2D eigenvalue weighted by molar-refractivity contribution is 7.89. The smallest absolute Gasteiger partial charge is 0.243 e. The fourth-order valence-electron chi connectivity index (χ4n) is 2.89. The summed E-state index contributed by atoms with van der Waals surface area (Å²) < 4.78 is 46.2. The Balaban J connectivity index is 1.85. The van der Waals surface area contributed by atoms with Gasteiger partial charge in [0.25, 0.3) is 0 Å². The summed E-state index contributed by atoms with van der Waals surface area (Å²) in [6.45, 7) is 1.56. The minimum Gasteiger partial charge on any atom is -0.381 e. The second-order valence-electron chi connectivity index (χ2n) is 5.74. The van der Waals surface area contributed by atoms with Gasteiger partial charge in [-0.2, -0.15) is 4.31 Å². The van der Waals surface area contributed by atoms with Crippen LogP contribution in [0.2, 0.25) is 0 Å². The zero-order valence-corrected chi connectivity index (χ0v) is 14.9. The molecule has 0 spiro atoms. The van der Waals surface area contributed by atoms with E-state index in [1.807, 2.05) is 17.5 Å². The second kappa shape index (κ2) is 7.74. The predicted octanol–water partition coefficient (Wildman–Crippen LogP) is 3.30. The monoisotopic (exact) mass is 369 g/mol. The summed E-state index contributed by atoms with van der Waals surface area (Å²) in [6.07, 6.45) is 2.05. The van der Waals surface area contributed by atoms with Gasteiger partial charge in [0.1, 0.15) is 5.82 Å². The Hall–Kier alpha value is -1.28. The average Bonchev–Trinajstić information content (AvgIpc) is 3.10. The highest BCUT2D eigenvalue weighted by Crippen LogP contribution is 2.25. The minimum atomic E-state index is -3.65. The maximum atomic E-state index is 13.1. The molecule has 0 amide bonds. The number of nitrogens with zero attached hydrogens (tertiary/aromatic N) is 1. The number of hydrogen-bond acceptors (Lipinski definition) is 4. The third-order valence-electron chi connectivity index (χ3n) is 4.18. The van der Waals surface area contributed by atoms with Crippen LogP contribution in [0, 0.1) is 5.82 Å². The van der Waals surface area contributed by atoms with Crippen molar-refractivity contribution in [2.24, 2.45) is 0 Å². The zero-order chi connectivity index (χ0) is 17.0. The molecule has 3 rings (SSSR count). The van der Waals surface area contributed by atoms with Gasteiger partial charge in [-0.15, -0.1) is 11.3 Å². The van der Waals surface area contributed by atoms with Crippen LogP contribution in [0.25, 0.3) is 0 Å². The first kappa shape index (κ1) is 17.5. The summed E-state index contributed by atoms with van der Waals surface area (Å²) in [4.78, 5) is 1.29. The van der Waals surface area contributed by atoms with Gasteiger partial charge in [-0.05, 0) is 55.0 Å². The molecule has 0 radical (unpaired) electrons. The highest BCUT2D eigenvalue weighted by Gasteiger charge is 2.32. The molecule has 0 N–H and O–H groups in total. The molecule has 2 heterocycles. The van der Waals surface area contributed by atoms with Crippen LogP contribution in [0.15, 0.2) is 46.7 Å². The van der Waals surface area contributed by atoms with E-state index >= 15 is 0 Å². The van der Waals surface area contributed by atoms with Crippen molar-refractivity contribution in [2.75, 3.05) is 19.8 Å². The van der Waals surface area contributed by atoms with Crippen molar-refractivity contribution in [1.82, 2.24) is 4.31 Å². The number of hydrogen-bond donors (Lipinski definition) is 0. The molecule has 4 nitrogen and oxygen atoms in total. The van der Waals surface area contributed by atoms with E-state index in [1.54, 1.807) is 15.6 Å². The number of benzene rings is 1. The van der Waals surface area contributed by atoms with Gasteiger partial charge >= 0.3 is 0 Å². The van der Waals surface area contributed by atoms with Crippen LogP contribution < -0.4 is 0 Å². The normalized spacial score (nSPS) is 16.6.